The molecule has 0 aromatic heterocycles. The Balaban J connectivity index is 1.53. The van der Waals surface area contributed by atoms with Crippen molar-refractivity contribution in [3.05, 3.63) is 63.7 Å². The van der Waals surface area contributed by atoms with Gasteiger partial charge in [0.05, 0.1) is 10.6 Å². The van der Waals surface area contributed by atoms with E-state index in [1.807, 2.05) is 43.0 Å². The van der Waals surface area contributed by atoms with Crippen molar-refractivity contribution in [1.82, 2.24) is 4.90 Å². The minimum Gasteiger partial charge on any atom is -0.444 e. The van der Waals surface area contributed by atoms with Gasteiger partial charge in [-0.2, -0.15) is 0 Å². The Labute approximate surface area is 192 Å². The van der Waals surface area contributed by atoms with Crippen molar-refractivity contribution in [3.63, 3.8) is 0 Å². The fourth-order valence-corrected chi connectivity index (χ4v) is 4.65. The smallest absolute Gasteiger partial charge is 0.414 e. The van der Waals surface area contributed by atoms with Crippen LogP contribution in [-0.2, 0) is 11.3 Å². The maximum absolute atomic E-state index is 12.7. The van der Waals surface area contributed by atoms with Crippen LogP contribution in [0.1, 0.15) is 42.6 Å². The SMILES string of the molecule is CCN(CC)C(=O)c1ccc(N2CCC(N3C(=O)OCc4ccccc43)CC2)c([N+](=O)[O-])c1. The standard InChI is InChI=1S/C24H28N4O5/c1-3-25(4-2)23(29)17-9-10-21(22(15-17)28(31)32)26-13-11-19(12-14-26)27-20-8-6-5-7-18(20)16-33-24(27)30/h5-10,15,19H,3-4,11-14,16H2,1-2H3. The first-order valence-electron chi connectivity index (χ1n) is 11.3. The van der Waals surface area contributed by atoms with Crippen LogP contribution in [0.5, 0.6) is 0 Å². The summed E-state index contributed by atoms with van der Waals surface area (Å²) < 4.78 is 5.35. The zero-order chi connectivity index (χ0) is 23.5. The van der Waals surface area contributed by atoms with E-state index in [9.17, 15) is 19.7 Å². The predicted molar refractivity (Wildman–Crippen MR) is 125 cm³/mol. The Hall–Kier alpha value is -3.62. The van der Waals surface area contributed by atoms with Gasteiger partial charge in [0.15, 0.2) is 0 Å². The molecule has 174 valence electrons. The van der Waals surface area contributed by atoms with Gasteiger partial charge in [-0.3, -0.25) is 19.8 Å². The molecule has 1 fully saturated rings. The van der Waals surface area contributed by atoms with E-state index in [0.717, 1.165) is 11.3 Å². The largest absolute Gasteiger partial charge is 0.444 e. The van der Waals surface area contributed by atoms with Gasteiger partial charge in [0, 0.05) is 49.4 Å². The third-order valence-electron chi connectivity index (χ3n) is 6.44. The van der Waals surface area contributed by atoms with Crippen LogP contribution in [-0.4, -0.2) is 54.0 Å². The van der Waals surface area contributed by atoms with Gasteiger partial charge < -0.3 is 14.5 Å². The van der Waals surface area contributed by atoms with E-state index in [1.165, 1.54) is 6.07 Å². The van der Waals surface area contributed by atoms with Crippen LogP contribution in [0.25, 0.3) is 0 Å². The van der Waals surface area contributed by atoms with Crippen molar-refractivity contribution < 1.29 is 19.2 Å². The van der Waals surface area contributed by atoms with Crippen molar-refractivity contribution in [2.75, 3.05) is 36.0 Å². The van der Waals surface area contributed by atoms with E-state index in [2.05, 4.69) is 0 Å². The Bertz CT molecular complexity index is 1060. The van der Waals surface area contributed by atoms with Crippen molar-refractivity contribution in [2.24, 2.45) is 0 Å². The highest BCUT2D eigenvalue weighted by atomic mass is 16.6. The Morgan fingerprint density at radius 1 is 1.12 bits per heavy atom. The number of hydrogen-bond acceptors (Lipinski definition) is 6. The van der Waals surface area contributed by atoms with Crippen molar-refractivity contribution in [1.29, 1.82) is 0 Å². The number of rotatable bonds is 6. The summed E-state index contributed by atoms with van der Waals surface area (Å²) in [6, 6.07) is 12.4. The molecule has 2 heterocycles. The Morgan fingerprint density at radius 3 is 2.48 bits per heavy atom. The number of carbonyl (C=O) groups is 2. The molecule has 0 saturated carbocycles. The van der Waals surface area contributed by atoms with Crippen LogP contribution in [0.4, 0.5) is 21.9 Å². The fourth-order valence-electron chi connectivity index (χ4n) is 4.65. The van der Waals surface area contributed by atoms with Crippen LogP contribution in [0.15, 0.2) is 42.5 Å². The molecule has 2 aliphatic heterocycles. The first kappa shape index (κ1) is 22.6. The first-order chi connectivity index (χ1) is 15.9. The quantitative estimate of drug-likeness (QED) is 0.481. The molecule has 33 heavy (non-hydrogen) atoms. The number of carbonyl (C=O) groups excluding carboxylic acids is 2. The number of cyclic esters (lactones) is 1. The number of nitro groups is 1. The Morgan fingerprint density at radius 2 is 1.82 bits per heavy atom. The summed E-state index contributed by atoms with van der Waals surface area (Å²) in [4.78, 5) is 41.9. The van der Waals surface area contributed by atoms with Crippen LogP contribution >= 0.6 is 0 Å². The van der Waals surface area contributed by atoms with Gasteiger partial charge in [-0.25, -0.2) is 4.79 Å². The first-order valence-corrected chi connectivity index (χ1v) is 11.3. The van der Waals surface area contributed by atoms with Crippen LogP contribution in [0.3, 0.4) is 0 Å². The molecule has 0 bridgehead atoms. The van der Waals surface area contributed by atoms with Gasteiger partial charge in [-0.05, 0) is 44.9 Å². The third-order valence-corrected chi connectivity index (χ3v) is 6.44. The van der Waals surface area contributed by atoms with E-state index in [1.54, 1.807) is 21.9 Å². The number of benzene rings is 2. The summed E-state index contributed by atoms with van der Waals surface area (Å²) in [6.45, 7) is 6.23. The average molecular weight is 453 g/mol. The van der Waals surface area contributed by atoms with Crippen LogP contribution in [0.2, 0.25) is 0 Å². The second-order valence-electron chi connectivity index (χ2n) is 8.21. The summed E-state index contributed by atoms with van der Waals surface area (Å²) in [5.74, 6) is -0.212. The van der Waals surface area contributed by atoms with E-state index in [-0.39, 0.29) is 30.3 Å². The number of piperidine rings is 1. The van der Waals surface area contributed by atoms with Gasteiger partial charge in [0.1, 0.15) is 12.3 Å². The molecule has 2 amide bonds. The van der Waals surface area contributed by atoms with Gasteiger partial charge in [-0.1, -0.05) is 18.2 Å². The number of amides is 2. The summed E-state index contributed by atoms with van der Waals surface area (Å²) in [5, 5.41) is 11.8. The minimum atomic E-state index is -0.432. The lowest BCUT2D eigenvalue weighted by Crippen LogP contribution is -2.49. The number of para-hydroxylation sites is 1. The van der Waals surface area contributed by atoms with E-state index in [4.69, 9.17) is 4.74 Å². The van der Waals surface area contributed by atoms with Gasteiger partial charge in [-0.15, -0.1) is 0 Å². The molecule has 0 unspecified atom stereocenters. The zero-order valence-electron chi connectivity index (χ0n) is 18.9. The molecule has 4 rings (SSSR count). The van der Waals surface area contributed by atoms with Crippen LogP contribution < -0.4 is 9.80 Å². The summed E-state index contributed by atoms with van der Waals surface area (Å²) in [5.41, 5.74) is 2.59. The topological polar surface area (TPSA) is 96.2 Å². The Kier molecular flexibility index (Phi) is 6.48. The second kappa shape index (κ2) is 9.48. The average Bonchev–Trinajstić information content (AvgIpc) is 2.84. The predicted octanol–water partition coefficient (Wildman–Crippen LogP) is 4.20. The molecule has 0 spiro atoms. The minimum absolute atomic E-state index is 0.0437. The molecule has 1 saturated heterocycles. The summed E-state index contributed by atoms with van der Waals surface area (Å²) in [6.07, 6.45) is 0.957. The lowest BCUT2D eigenvalue weighted by Gasteiger charge is -2.40. The zero-order valence-corrected chi connectivity index (χ0v) is 18.9. The molecule has 0 atom stereocenters. The van der Waals surface area contributed by atoms with E-state index in [0.29, 0.717) is 50.3 Å². The number of nitrogens with zero attached hydrogens (tertiary/aromatic N) is 4. The number of anilines is 2. The second-order valence-corrected chi connectivity index (χ2v) is 8.21. The molecule has 9 nitrogen and oxygen atoms in total. The normalized spacial score (nSPS) is 16.2. The van der Waals surface area contributed by atoms with Crippen LogP contribution in [0, 0.1) is 10.1 Å². The highest BCUT2D eigenvalue weighted by Gasteiger charge is 2.35. The number of fused-ring (bicyclic) bond motifs is 1. The molecule has 2 aromatic rings. The van der Waals surface area contributed by atoms with Gasteiger partial charge >= 0.3 is 6.09 Å². The van der Waals surface area contributed by atoms with E-state index >= 15 is 0 Å². The van der Waals surface area contributed by atoms with Crippen molar-refractivity contribution in [2.45, 2.75) is 39.3 Å². The van der Waals surface area contributed by atoms with Gasteiger partial charge in [0.25, 0.3) is 11.6 Å². The monoisotopic (exact) mass is 452 g/mol. The molecule has 0 aliphatic carbocycles. The molecule has 0 N–H and O–H groups in total. The summed E-state index contributed by atoms with van der Waals surface area (Å²) in [7, 11) is 0. The maximum Gasteiger partial charge on any atom is 0.414 e. The summed E-state index contributed by atoms with van der Waals surface area (Å²) >= 11 is 0. The molecule has 9 heteroatoms. The number of nitro benzene ring substituents is 1. The molecule has 2 aliphatic rings. The lowest BCUT2D eigenvalue weighted by molar-refractivity contribution is -0.384. The number of ether oxygens (including phenoxy) is 1. The van der Waals surface area contributed by atoms with Crippen molar-refractivity contribution >= 4 is 29.1 Å². The highest BCUT2D eigenvalue weighted by molar-refractivity contribution is 5.96. The molecule has 2 aromatic carbocycles. The number of hydrogen-bond donors (Lipinski definition) is 0. The maximum atomic E-state index is 12.7. The third kappa shape index (κ3) is 4.35. The van der Waals surface area contributed by atoms with E-state index < -0.39 is 4.92 Å². The lowest BCUT2D eigenvalue weighted by atomic mass is 9.99. The molecule has 0 radical (unpaired) electrons. The fraction of sp³-hybridized carbons (Fsp3) is 0.417. The molecular weight excluding hydrogens is 424 g/mol. The highest BCUT2D eigenvalue weighted by Crippen LogP contribution is 2.35. The van der Waals surface area contributed by atoms with Gasteiger partial charge in [0.2, 0.25) is 0 Å². The molecular formula is C24H28N4O5. The van der Waals surface area contributed by atoms with Crippen molar-refractivity contribution in [3.8, 4) is 0 Å².